The van der Waals surface area contributed by atoms with Gasteiger partial charge in [0.15, 0.2) is 6.61 Å². The number of ether oxygens (including phenoxy) is 1. The van der Waals surface area contributed by atoms with Gasteiger partial charge in [0.1, 0.15) is 0 Å². The third-order valence-electron chi connectivity index (χ3n) is 5.87. The van der Waals surface area contributed by atoms with Gasteiger partial charge in [-0.15, -0.1) is 0 Å². The first-order valence-electron chi connectivity index (χ1n) is 11.4. The van der Waals surface area contributed by atoms with E-state index in [0.29, 0.717) is 11.5 Å². The molecule has 2 atom stereocenters. The van der Waals surface area contributed by atoms with E-state index in [1.54, 1.807) is 12.1 Å². The van der Waals surface area contributed by atoms with Crippen LogP contribution in [0.3, 0.4) is 0 Å². The lowest BCUT2D eigenvalue weighted by atomic mass is 9.86. The summed E-state index contributed by atoms with van der Waals surface area (Å²) in [5.74, 6) is -1.15. The van der Waals surface area contributed by atoms with E-state index in [9.17, 15) is 22.8 Å². The van der Waals surface area contributed by atoms with Gasteiger partial charge in [-0.2, -0.15) is 0 Å². The zero-order valence-electron chi connectivity index (χ0n) is 19.6. The number of hydrogen-bond donors (Lipinski definition) is 3. The van der Waals surface area contributed by atoms with Crippen LogP contribution in [0.4, 0.5) is 4.79 Å². The molecule has 3 amide bonds. The van der Waals surface area contributed by atoms with Crippen LogP contribution in [-0.4, -0.2) is 39.0 Å². The lowest BCUT2D eigenvalue weighted by Gasteiger charge is -2.29. The van der Waals surface area contributed by atoms with E-state index < -0.39 is 34.5 Å². The van der Waals surface area contributed by atoms with Crippen LogP contribution in [-0.2, 0) is 26.1 Å². The number of benzene rings is 2. The van der Waals surface area contributed by atoms with Gasteiger partial charge in [-0.05, 0) is 54.7 Å². The van der Waals surface area contributed by atoms with Crippen molar-refractivity contribution in [3.8, 4) is 0 Å². The molecule has 1 saturated carbocycles. The fourth-order valence-electron chi connectivity index (χ4n) is 3.78. The smallest absolute Gasteiger partial charge is 0.338 e. The molecule has 9 nitrogen and oxygen atoms in total. The number of imide groups is 1. The van der Waals surface area contributed by atoms with Crippen LogP contribution in [0.15, 0.2) is 47.4 Å². The van der Waals surface area contributed by atoms with Gasteiger partial charge >= 0.3 is 12.0 Å². The van der Waals surface area contributed by atoms with Crippen molar-refractivity contribution in [1.82, 2.24) is 15.4 Å². The number of nitrogens with one attached hydrogen (secondary N) is 3. The first-order chi connectivity index (χ1) is 17.0. The normalized spacial score (nSPS) is 17.8. The summed E-state index contributed by atoms with van der Waals surface area (Å²) in [6, 6.07) is 9.37. The van der Waals surface area contributed by atoms with Crippen LogP contribution < -0.4 is 15.4 Å². The predicted octanol–water partition coefficient (Wildman–Crippen LogP) is 4.03. The van der Waals surface area contributed by atoms with Crippen molar-refractivity contribution in [3.05, 3.63) is 63.6 Å². The molecule has 194 valence electrons. The summed E-state index contributed by atoms with van der Waals surface area (Å²) in [5, 5.41) is 5.32. The van der Waals surface area contributed by atoms with E-state index in [1.165, 1.54) is 30.3 Å². The summed E-state index contributed by atoms with van der Waals surface area (Å²) >= 11 is 11.7. The Morgan fingerprint density at radius 3 is 2.36 bits per heavy atom. The van der Waals surface area contributed by atoms with E-state index in [1.807, 2.05) is 0 Å². The number of sulfonamides is 1. The molecule has 2 aromatic rings. The van der Waals surface area contributed by atoms with Crippen molar-refractivity contribution in [2.45, 2.75) is 50.1 Å². The van der Waals surface area contributed by atoms with Crippen LogP contribution >= 0.6 is 23.2 Å². The number of halogens is 2. The van der Waals surface area contributed by atoms with Gasteiger partial charge in [0.05, 0.1) is 20.5 Å². The summed E-state index contributed by atoms with van der Waals surface area (Å²) < 4.78 is 32.3. The van der Waals surface area contributed by atoms with Crippen LogP contribution in [0.25, 0.3) is 0 Å². The summed E-state index contributed by atoms with van der Waals surface area (Å²) in [5.41, 5.74) is 0.751. The Bertz CT molecular complexity index is 1220. The Hall–Kier alpha value is -2.66. The van der Waals surface area contributed by atoms with Crippen molar-refractivity contribution >= 4 is 51.1 Å². The van der Waals surface area contributed by atoms with Crippen LogP contribution in [0.5, 0.6) is 0 Å². The average molecular weight is 556 g/mol. The monoisotopic (exact) mass is 555 g/mol. The largest absolute Gasteiger partial charge is 0.452 e. The molecule has 0 bridgehead atoms. The molecule has 0 saturated heterocycles. The highest BCUT2D eigenvalue weighted by Crippen LogP contribution is 2.25. The number of rotatable bonds is 8. The zero-order chi connectivity index (χ0) is 26.3. The van der Waals surface area contributed by atoms with Gasteiger partial charge in [0.2, 0.25) is 10.0 Å². The molecule has 12 heteroatoms. The van der Waals surface area contributed by atoms with Crippen molar-refractivity contribution in [3.63, 3.8) is 0 Å². The second-order valence-corrected chi connectivity index (χ2v) is 11.1. The van der Waals surface area contributed by atoms with Crippen molar-refractivity contribution in [1.29, 1.82) is 0 Å². The maximum absolute atomic E-state index is 12.4. The molecule has 0 aromatic heterocycles. The Labute approximate surface area is 219 Å². The SMILES string of the molecule is C[C@H]1CCCC[C@@H]1NC(=O)NC(=O)COC(=O)c1ccc(CNS(=O)(=O)c2ccc(Cl)c(Cl)c2)cc1. The van der Waals surface area contributed by atoms with E-state index in [0.717, 1.165) is 25.7 Å². The van der Waals surface area contributed by atoms with Gasteiger partial charge in [-0.1, -0.05) is 55.1 Å². The van der Waals surface area contributed by atoms with Gasteiger partial charge in [-0.25, -0.2) is 22.7 Å². The first kappa shape index (κ1) is 27.9. The summed E-state index contributed by atoms with van der Waals surface area (Å²) in [7, 11) is -3.83. The quantitative estimate of drug-likeness (QED) is 0.421. The lowest BCUT2D eigenvalue weighted by molar-refractivity contribution is -0.123. The average Bonchev–Trinajstić information content (AvgIpc) is 2.84. The van der Waals surface area contributed by atoms with Crippen LogP contribution in [0.2, 0.25) is 10.0 Å². The summed E-state index contributed by atoms with van der Waals surface area (Å²) in [6.07, 6.45) is 4.05. The molecule has 0 spiro atoms. The molecule has 1 aliphatic rings. The summed E-state index contributed by atoms with van der Waals surface area (Å²) in [6.45, 7) is 1.41. The predicted molar refractivity (Wildman–Crippen MR) is 135 cm³/mol. The third kappa shape index (κ3) is 7.92. The second-order valence-electron chi connectivity index (χ2n) is 8.56. The van der Waals surface area contributed by atoms with Crippen molar-refractivity contribution < 1.29 is 27.5 Å². The molecule has 1 fully saturated rings. The standard InChI is InChI=1S/C24H27Cl2N3O6S/c1-15-4-2-3-5-21(15)28-24(32)29-22(30)14-35-23(31)17-8-6-16(7-9-17)13-27-36(33,34)18-10-11-19(25)20(26)12-18/h6-12,15,21,27H,2-5,13-14H2,1H3,(H2,28,29,30,32)/t15-,21-/m0/s1. The Balaban J connectivity index is 1.45. The maximum atomic E-state index is 12.4. The Kier molecular flexibility index (Phi) is 9.72. The minimum Gasteiger partial charge on any atom is -0.452 e. The fourth-order valence-corrected chi connectivity index (χ4v) is 5.18. The fraction of sp³-hybridized carbons (Fsp3) is 0.375. The lowest BCUT2D eigenvalue weighted by Crippen LogP contribution is -2.48. The molecule has 0 heterocycles. The first-order valence-corrected chi connectivity index (χ1v) is 13.6. The molecular weight excluding hydrogens is 529 g/mol. The van der Waals surface area contributed by atoms with E-state index in [-0.39, 0.29) is 33.1 Å². The number of amides is 3. The Morgan fingerprint density at radius 2 is 1.69 bits per heavy atom. The highest BCUT2D eigenvalue weighted by atomic mass is 35.5. The molecule has 36 heavy (non-hydrogen) atoms. The number of carbonyl (C=O) groups is 3. The molecule has 2 aromatic carbocycles. The molecule has 1 aliphatic carbocycles. The topological polar surface area (TPSA) is 131 Å². The van der Waals surface area contributed by atoms with Crippen LogP contribution in [0.1, 0.15) is 48.5 Å². The number of urea groups is 1. The molecule has 0 unspecified atom stereocenters. The number of hydrogen-bond acceptors (Lipinski definition) is 6. The highest BCUT2D eigenvalue weighted by Gasteiger charge is 2.23. The van der Waals surface area contributed by atoms with Crippen LogP contribution in [0, 0.1) is 5.92 Å². The summed E-state index contributed by atoms with van der Waals surface area (Å²) in [4.78, 5) is 36.2. The highest BCUT2D eigenvalue weighted by molar-refractivity contribution is 7.89. The van der Waals surface area contributed by atoms with E-state index >= 15 is 0 Å². The minimum absolute atomic E-state index is 0.0149. The number of carbonyl (C=O) groups excluding carboxylic acids is 3. The molecule has 0 radical (unpaired) electrons. The van der Waals surface area contributed by atoms with Gasteiger partial charge in [-0.3, -0.25) is 10.1 Å². The Morgan fingerprint density at radius 1 is 1.00 bits per heavy atom. The van der Waals surface area contributed by atoms with Gasteiger partial charge in [0.25, 0.3) is 5.91 Å². The number of esters is 1. The van der Waals surface area contributed by atoms with E-state index in [2.05, 4.69) is 22.3 Å². The van der Waals surface area contributed by atoms with Crippen molar-refractivity contribution in [2.75, 3.05) is 6.61 Å². The molecule has 3 rings (SSSR count). The van der Waals surface area contributed by atoms with Crippen molar-refractivity contribution in [2.24, 2.45) is 5.92 Å². The second kappa shape index (κ2) is 12.5. The van der Waals surface area contributed by atoms with E-state index in [4.69, 9.17) is 27.9 Å². The molecular formula is C24H27Cl2N3O6S. The zero-order valence-corrected chi connectivity index (χ0v) is 21.9. The third-order valence-corrected chi connectivity index (χ3v) is 8.01. The molecule has 0 aliphatic heterocycles. The maximum Gasteiger partial charge on any atom is 0.338 e. The van der Waals surface area contributed by atoms with Gasteiger partial charge < -0.3 is 10.1 Å². The molecule has 3 N–H and O–H groups in total. The van der Waals surface area contributed by atoms with Gasteiger partial charge in [0, 0.05) is 12.6 Å². The minimum atomic E-state index is -3.83.